The highest BCUT2D eigenvalue weighted by Crippen LogP contribution is 2.26. The number of rotatable bonds is 4. The average Bonchev–Trinajstić information content (AvgIpc) is 2.45. The Morgan fingerprint density at radius 1 is 1.50 bits per heavy atom. The van der Waals surface area contributed by atoms with E-state index >= 15 is 0 Å². The molecule has 1 N–H and O–H groups in total. The van der Waals surface area contributed by atoms with Gasteiger partial charge < -0.3 is 5.32 Å². The largest absolute Gasteiger partial charge is 0.310 e. The minimum atomic E-state index is 0.549. The Labute approximate surface area is 109 Å². The summed E-state index contributed by atoms with van der Waals surface area (Å²) in [6.07, 6.45) is 8.21. The van der Waals surface area contributed by atoms with Gasteiger partial charge >= 0.3 is 0 Å². The van der Waals surface area contributed by atoms with Gasteiger partial charge in [-0.3, -0.25) is 0 Å². The standard InChI is InChI=1S/C15H21N3/c1-2-12-5-3-7-14(9-12)18-11-13-6-4-8-17-15(13)10-16/h4,6,8,12,14,18H,2-3,5,7,9,11H2,1H3. The number of nitriles is 1. The highest BCUT2D eigenvalue weighted by molar-refractivity contribution is 5.30. The minimum Gasteiger partial charge on any atom is -0.310 e. The fraction of sp³-hybridized carbons (Fsp3) is 0.600. The van der Waals surface area contributed by atoms with Gasteiger partial charge in [0.25, 0.3) is 0 Å². The second-order valence-electron chi connectivity index (χ2n) is 5.14. The quantitative estimate of drug-likeness (QED) is 0.884. The molecule has 0 spiro atoms. The van der Waals surface area contributed by atoms with Crippen LogP contribution in [0.3, 0.4) is 0 Å². The van der Waals surface area contributed by atoms with Crippen LogP contribution in [-0.2, 0) is 6.54 Å². The highest BCUT2D eigenvalue weighted by Gasteiger charge is 2.20. The van der Waals surface area contributed by atoms with Crippen molar-refractivity contribution in [2.45, 2.75) is 51.6 Å². The smallest absolute Gasteiger partial charge is 0.144 e. The van der Waals surface area contributed by atoms with Crippen LogP contribution in [0.15, 0.2) is 18.3 Å². The molecule has 1 fully saturated rings. The lowest BCUT2D eigenvalue weighted by Gasteiger charge is -2.29. The van der Waals surface area contributed by atoms with Gasteiger partial charge in [0.1, 0.15) is 11.8 Å². The second kappa shape index (κ2) is 6.51. The third-order valence-corrected chi connectivity index (χ3v) is 3.94. The molecular weight excluding hydrogens is 222 g/mol. The van der Waals surface area contributed by atoms with Crippen molar-refractivity contribution >= 4 is 0 Å². The van der Waals surface area contributed by atoms with Gasteiger partial charge in [0.2, 0.25) is 0 Å². The van der Waals surface area contributed by atoms with Crippen LogP contribution in [0.5, 0.6) is 0 Å². The van der Waals surface area contributed by atoms with Crippen LogP contribution < -0.4 is 5.32 Å². The van der Waals surface area contributed by atoms with E-state index in [1.807, 2.05) is 12.1 Å². The van der Waals surface area contributed by atoms with Crippen LogP contribution in [0.1, 0.15) is 50.3 Å². The molecular formula is C15H21N3. The molecule has 2 rings (SSSR count). The number of hydrogen-bond donors (Lipinski definition) is 1. The first kappa shape index (κ1) is 13.0. The van der Waals surface area contributed by atoms with E-state index in [-0.39, 0.29) is 0 Å². The molecule has 0 aliphatic heterocycles. The Morgan fingerprint density at radius 3 is 3.17 bits per heavy atom. The van der Waals surface area contributed by atoms with Crippen molar-refractivity contribution in [3.8, 4) is 6.07 Å². The van der Waals surface area contributed by atoms with E-state index in [4.69, 9.17) is 5.26 Å². The molecule has 0 radical (unpaired) electrons. The summed E-state index contributed by atoms with van der Waals surface area (Å²) >= 11 is 0. The molecule has 18 heavy (non-hydrogen) atoms. The third kappa shape index (κ3) is 3.30. The van der Waals surface area contributed by atoms with E-state index in [1.165, 1.54) is 32.1 Å². The van der Waals surface area contributed by atoms with E-state index in [9.17, 15) is 0 Å². The van der Waals surface area contributed by atoms with Crippen molar-refractivity contribution in [3.05, 3.63) is 29.6 Å². The highest BCUT2D eigenvalue weighted by atomic mass is 14.9. The summed E-state index contributed by atoms with van der Waals surface area (Å²) in [6, 6.07) is 6.64. The Balaban J connectivity index is 1.89. The Morgan fingerprint density at radius 2 is 2.39 bits per heavy atom. The SMILES string of the molecule is CCC1CCCC(NCc2cccnc2C#N)C1. The average molecular weight is 243 g/mol. The van der Waals surface area contributed by atoms with Crippen molar-refractivity contribution in [2.24, 2.45) is 5.92 Å². The van der Waals surface area contributed by atoms with Crippen LogP contribution in [0.25, 0.3) is 0 Å². The molecule has 0 bridgehead atoms. The first-order valence-electron chi connectivity index (χ1n) is 6.90. The van der Waals surface area contributed by atoms with Crippen LogP contribution in [0.2, 0.25) is 0 Å². The maximum absolute atomic E-state index is 9.00. The fourth-order valence-corrected chi connectivity index (χ4v) is 2.78. The van der Waals surface area contributed by atoms with Crippen LogP contribution in [0, 0.1) is 17.2 Å². The van der Waals surface area contributed by atoms with Gasteiger partial charge in [-0.25, -0.2) is 4.98 Å². The summed E-state index contributed by atoms with van der Waals surface area (Å²) < 4.78 is 0. The van der Waals surface area contributed by atoms with E-state index < -0.39 is 0 Å². The monoisotopic (exact) mass is 243 g/mol. The maximum atomic E-state index is 9.00. The van der Waals surface area contributed by atoms with E-state index in [0.717, 1.165) is 18.0 Å². The second-order valence-corrected chi connectivity index (χ2v) is 5.14. The molecule has 1 aromatic rings. The Kier molecular flexibility index (Phi) is 4.72. The molecule has 1 aliphatic carbocycles. The molecule has 0 saturated heterocycles. The van der Waals surface area contributed by atoms with Crippen molar-refractivity contribution in [3.63, 3.8) is 0 Å². The first-order chi connectivity index (χ1) is 8.83. The van der Waals surface area contributed by atoms with Crippen LogP contribution >= 0.6 is 0 Å². The van der Waals surface area contributed by atoms with Crippen molar-refractivity contribution in [1.82, 2.24) is 10.3 Å². The van der Waals surface area contributed by atoms with Gasteiger partial charge in [-0.1, -0.05) is 32.3 Å². The van der Waals surface area contributed by atoms with Gasteiger partial charge in [-0.15, -0.1) is 0 Å². The summed E-state index contributed by atoms with van der Waals surface area (Å²) in [6.45, 7) is 3.04. The molecule has 1 heterocycles. The number of hydrogen-bond acceptors (Lipinski definition) is 3. The molecule has 0 aromatic carbocycles. The molecule has 0 amide bonds. The van der Waals surface area contributed by atoms with Gasteiger partial charge in [0.05, 0.1) is 0 Å². The predicted molar refractivity (Wildman–Crippen MR) is 71.8 cm³/mol. The zero-order valence-electron chi connectivity index (χ0n) is 11.0. The zero-order valence-corrected chi connectivity index (χ0v) is 11.0. The minimum absolute atomic E-state index is 0.549. The van der Waals surface area contributed by atoms with Gasteiger partial charge in [0.15, 0.2) is 0 Å². The normalized spacial score (nSPS) is 23.6. The lowest BCUT2D eigenvalue weighted by Crippen LogP contribution is -2.33. The molecule has 2 atom stereocenters. The molecule has 1 aliphatic rings. The van der Waals surface area contributed by atoms with Gasteiger partial charge in [-0.2, -0.15) is 5.26 Å². The number of aromatic nitrogens is 1. The van der Waals surface area contributed by atoms with E-state index in [1.54, 1.807) is 6.20 Å². The Bertz CT molecular complexity index is 422. The molecule has 3 heteroatoms. The third-order valence-electron chi connectivity index (χ3n) is 3.94. The molecule has 1 aromatic heterocycles. The van der Waals surface area contributed by atoms with E-state index in [2.05, 4.69) is 23.3 Å². The summed E-state index contributed by atoms with van der Waals surface area (Å²) in [5.41, 5.74) is 1.56. The number of pyridine rings is 1. The topological polar surface area (TPSA) is 48.7 Å². The summed E-state index contributed by atoms with van der Waals surface area (Å²) in [5, 5.41) is 12.6. The van der Waals surface area contributed by atoms with Crippen molar-refractivity contribution in [2.75, 3.05) is 0 Å². The predicted octanol–water partition coefficient (Wildman–Crippen LogP) is 3.01. The molecule has 1 saturated carbocycles. The molecule has 96 valence electrons. The number of nitrogens with zero attached hydrogens (tertiary/aromatic N) is 2. The molecule has 2 unspecified atom stereocenters. The lowest BCUT2D eigenvalue weighted by molar-refractivity contribution is 0.278. The summed E-state index contributed by atoms with van der Waals surface area (Å²) in [4.78, 5) is 4.09. The maximum Gasteiger partial charge on any atom is 0.144 e. The van der Waals surface area contributed by atoms with Gasteiger partial charge in [0, 0.05) is 24.3 Å². The summed E-state index contributed by atoms with van der Waals surface area (Å²) in [7, 11) is 0. The number of nitrogens with one attached hydrogen (secondary N) is 1. The van der Waals surface area contributed by atoms with Crippen LogP contribution in [0.4, 0.5) is 0 Å². The van der Waals surface area contributed by atoms with Crippen molar-refractivity contribution < 1.29 is 0 Å². The molecule has 3 nitrogen and oxygen atoms in total. The van der Waals surface area contributed by atoms with Crippen molar-refractivity contribution in [1.29, 1.82) is 5.26 Å². The van der Waals surface area contributed by atoms with E-state index in [0.29, 0.717) is 11.7 Å². The first-order valence-corrected chi connectivity index (χ1v) is 6.90. The van der Waals surface area contributed by atoms with Gasteiger partial charge in [-0.05, 0) is 24.8 Å². The zero-order chi connectivity index (χ0) is 12.8. The lowest BCUT2D eigenvalue weighted by atomic mass is 9.84. The van der Waals surface area contributed by atoms with Crippen LogP contribution in [-0.4, -0.2) is 11.0 Å². The fourth-order valence-electron chi connectivity index (χ4n) is 2.78. The Hall–Kier alpha value is -1.40. The summed E-state index contributed by atoms with van der Waals surface area (Å²) in [5.74, 6) is 0.876.